The van der Waals surface area contributed by atoms with Gasteiger partial charge in [0.05, 0.1) is 5.02 Å². The van der Waals surface area contributed by atoms with Crippen LogP contribution in [0.25, 0.3) is 0 Å². The minimum Gasteiger partial charge on any atom is -0.454 e. The van der Waals surface area contributed by atoms with Gasteiger partial charge in [0.15, 0.2) is 11.5 Å². The van der Waals surface area contributed by atoms with Crippen molar-refractivity contribution >= 4 is 23.5 Å². The number of aromatic amines is 1. The van der Waals surface area contributed by atoms with Crippen molar-refractivity contribution in [3.63, 3.8) is 0 Å². The highest BCUT2D eigenvalue weighted by molar-refractivity contribution is 6.32. The molecule has 3 rings (SSSR count). The van der Waals surface area contributed by atoms with Crippen LogP contribution in [0, 0.1) is 6.92 Å². The number of aryl methyl sites for hydroxylation is 1. The molecule has 19 heavy (non-hydrogen) atoms. The van der Waals surface area contributed by atoms with Crippen molar-refractivity contribution in [3.05, 3.63) is 28.5 Å². The van der Waals surface area contributed by atoms with Gasteiger partial charge < -0.3 is 9.47 Å². The summed E-state index contributed by atoms with van der Waals surface area (Å²) >= 11 is 6.00. The Labute approximate surface area is 112 Å². The molecule has 0 fully saturated rings. The minimum absolute atomic E-state index is 0.0975. The van der Waals surface area contributed by atoms with E-state index in [2.05, 4.69) is 20.5 Å². The number of amides is 1. The van der Waals surface area contributed by atoms with Crippen molar-refractivity contribution in [1.82, 2.24) is 15.2 Å². The molecule has 0 saturated heterocycles. The second-order valence-corrected chi connectivity index (χ2v) is 4.30. The van der Waals surface area contributed by atoms with Gasteiger partial charge in [-0.15, -0.1) is 5.10 Å². The normalized spacial score (nSPS) is 12.5. The molecule has 2 aromatic rings. The molecule has 0 saturated carbocycles. The van der Waals surface area contributed by atoms with Crippen LogP contribution in [0.15, 0.2) is 12.1 Å². The summed E-state index contributed by atoms with van der Waals surface area (Å²) in [7, 11) is 0. The highest BCUT2D eigenvalue weighted by atomic mass is 35.5. The maximum absolute atomic E-state index is 12.0. The van der Waals surface area contributed by atoms with Gasteiger partial charge in [-0.25, -0.2) is 0 Å². The fourth-order valence-corrected chi connectivity index (χ4v) is 1.94. The number of nitrogens with zero attached hydrogens (tertiary/aromatic N) is 2. The Morgan fingerprint density at radius 2 is 2.32 bits per heavy atom. The molecule has 2 N–H and O–H groups in total. The maximum atomic E-state index is 12.0. The number of anilines is 1. The number of hydrogen-bond acceptors (Lipinski definition) is 5. The van der Waals surface area contributed by atoms with Crippen LogP contribution in [0.3, 0.4) is 0 Å². The summed E-state index contributed by atoms with van der Waals surface area (Å²) in [5.41, 5.74) is 0.344. The number of ether oxygens (including phenoxy) is 2. The number of fused-ring (bicyclic) bond motifs is 1. The molecule has 98 valence electrons. The van der Waals surface area contributed by atoms with E-state index in [0.29, 0.717) is 27.9 Å². The van der Waals surface area contributed by atoms with Crippen LogP contribution >= 0.6 is 11.6 Å². The number of rotatable bonds is 2. The zero-order chi connectivity index (χ0) is 13.4. The fraction of sp³-hybridized carbons (Fsp3) is 0.182. The third-order valence-electron chi connectivity index (χ3n) is 2.51. The highest BCUT2D eigenvalue weighted by Gasteiger charge is 2.21. The molecule has 2 heterocycles. The second-order valence-electron chi connectivity index (χ2n) is 3.89. The molecule has 1 aromatic carbocycles. The lowest BCUT2D eigenvalue weighted by atomic mass is 10.2. The molecule has 0 aliphatic carbocycles. The summed E-state index contributed by atoms with van der Waals surface area (Å²) in [6.07, 6.45) is 0. The first-order chi connectivity index (χ1) is 9.13. The molecule has 1 amide bonds. The molecule has 1 aromatic heterocycles. The quantitative estimate of drug-likeness (QED) is 0.875. The van der Waals surface area contributed by atoms with Gasteiger partial charge >= 0.3 is 0 Å². The molecule has 1 aliphatic heterocycles. The Morgan fingerprint density at radius 1 is 1.47 bits per heavy atom. The maximum Gasteiger partial charge on any atom is 0.258 e. The van der Waals surface area contributed by atoms with Crippen LogP contribution in [0.5, 0.6) is 11.5 Å². The Bertz CT molecular complexity index is 655. The molecular formula is C11H9ClN4O3. The van der Waals surface area contributed by atoms with Crippen LogP contribution in [0.4, 0.5) is 5.95 Å². The first-order valence-corrected chi connectivity index (χ1v) is 5.81. The number of halogens is 1. The number of hydrogen-bond donors (Lipinski definition) is 2. The van der Waals surface area contributed by atoms with Crippen LogP contribution in [0.1, 0.15) is 16.2 Å². The first kappa shape index (κ1) is 11.8. The average molecular weight is 281 g/mol. The predicted octanol–water partition coefficient (Wildman–Crippen LogP) is 1.75. The predicted molar refractivity (Wildman–Crippen MR) is 66.6 cm³/mol. The van der Waals surface area contributed by atoms with Gasteiger partial charge in [-0.1, -0.05) is 11.6 Å². The molecule has 0 bridgehead atoms. The van der Waals surface area contributed by atoms with Gasteiger partial charge in [0.25, 0.3) is 5.91 Å². The summed E-state index contributed by atoms with van der Waals surface area (Å²) in [5, 5.41) is 9.33. The van der Waals surface area contributed by atoms with Crippen LogP contribution in [0.2, 0.25) is 5.02 Å². The van der Waals surface area contributed by atoms with Crippen LogP contribution in [-0.4, -0.2) is 27.9 Å². The van der Waals surface area contributed by atoms with E-state index in [-0.39, 0.29) is 18.6 Å². The number of nitrogens with one attached hydrogen (secondary N) is 2. The zero-order valence-electron chi connectivity index (χ0n) is 9.86. The molecule has 0 atom stereocenters. The third kappa shape index (κ3) is 2.19. The minimum atomic E-state index is -0.376. The van der Waals surface area contributed by atoms with Gasteiger partial charge in [-0.05, 0) is 19.1 Å². The van der Waals surface area contributed by atoms with E-state index in [9.17, 15) is 4.79 Å². The highest BCUT2D eigenvalue weighted by Crippen LogP contribution is 2.39. The van der Waals surface area contributed by atoms with Gasteiger partial charge in [-0.3, -0.25) is 15.2 Å². The van der Waals surface area contributed by atoms with Crippen molar-refractivity contribution < 1.29 is 14.3 Å². The third-order valence-corrected chi connectivity index (χ3v) is 2.79. The molecule has 0 radical (unpaired) electrons. The smallest absolute Gasteiger partial charge is 0.258 e. The van der Waals surface area contributed by atoms with E-state index in [4.69, 9.17) is 21.1 Å². The number of carbonyl (C=O) groups excluding carboxylic acids is 1. The first-order valence-electron chi connectivity index (χ1n) is 5.43. The summed E-state index contributed by atoms with van der Waals surface area (Å²) in [4.78, 5) is 16.0. The molecular weight excluding hydrogens is 272 g/mol. The van der Waals surface area contributed by atoms with Crippen molar-refractivity contribution in [3.8, 4) is 11.5 Å². The van der Waals surface area contributed by atoms with Crippen LogP contribution in [-0.2, 0) is 0 Å². The lowest BCUT2D eigenvalue weighted by Gasteiger charge is -2.04. The lowest BCUT2D eigenvalue weighted by Crippen LogP contribution is -2.13. The lowest BCUT2D eigenvalue weighted by molar-refractivity contribution is 0.102. The summed E-state index contributed by atoms with van der Waals surface area (Å²) in [6, 6.07) is 3.06. The molecule has 0 spiro atoms. The van der Waals surface area contributed by atoms with Crippen molar-refractivity contribution in [2.45, 2.75) is 6.92 Å². The van der Waals surface area contributed by atoms with Gasteiger partial charge in [0.2, 0.25) is 12.7 Å². The average Bonchev–Trinajstić information content (AvgIpc) is 2.98. The summed E-state index contributed by atoms with van der Waals surface area (Å²) < 4.78 is 10.4. The number of benzene rings is 1. The summed E-state index contributed by atoms with van der Waals surface area (Å²) in [5.74, 6) is 1.34. The zero-order valence-corrected chi connectivity index (χ0v) is 10.6. The topological polar surface area (TPSA) is 89.1 Å². The SMILES string of the molecule is Cc1nc(NC(=O)c2cc(Cl)c3c(c2)OCO3)n[nH]1. The summed E-state index contributed by atoms with van der Waals surface area (Å²) in [6.45, 7) is 1.83. The van der Waals surface area contributed by atoms with E-state index in [0.717, 1.165) is 0 Å². The van der Waals surface area contributed by atoms with Gasteiger partial charge in [0.1, 0.15) is 5.82 Å². The number of aromatic nitrogens is 3. The van der Waals surface area contributed by atoms with E-state index < -0.39 is 0 Å². The Hall–Kier alpha value is -2.28. The monoisotopic (exact) mass is 280 g/mol. The van der Waals surface area contributed by atoms with Crippen molar-refractivity contribution in [2.24, 2.45) is 0 Å². The van der Waals surface area contributed by atoms with Crippen LogP contribution < -0.4 is 14.8 Å². The van der Waals surface area contributed by atoms with E-state index in [1.165, 1.54) is 6.07 Å². The number of H-pyrrole nitrogens is 1. The van der Waals surface area contributed by atoms with E-state index in [1.807, 2.05) is 0 Å². The standard InChI is InChI=1S/C11H9ClN4O3/c1-5-13-11(16-15-5)14-10(17)6-2-7(12)9-8(3-6)18-4-19-9/h2-3H,4H2,1H3,(H2,13,14,15,16,17). The largest absolute Gasteiger partial charge is 0.454 e. The molecule has 1 aliphatic rings. The van der Waals surface area contributed by atoms with Crippen molar-refractivity contribution in [2.75, 3.05) is 12.1 Å². The van der Waals surface area contributed by atoms with E-state index >= 15 is 0 Å². The number of carbonyl (C=O) groups is 1. The second kappa shape index (κ2) is 4.43. The van der Waals surface area contributed by atoms with E-state index in [1.54, 1.807) is 13.0 Å². The Kier molecular flexibility index (Phi) is 2.75. The fourth-order valence-electron chi connectivity index (χ4n) is 1.67. The Balaban J connectivity index is 1.86. The van der Waals surface area contributed by atoms with Gasteiger partial charge in [-0.2, -0.15) is 4.98 Å². The molecule has 0 unspecified atom stereocenters. The molecule has 8 heteroatoms. The Morgan fingerprint density at radius 3 is 3.05 bits per heavy atom. The van der Waals surface area contributed by atoms with Gasteiger partial charge in [0, 0.05) is 5.56 Å². The van der Waals surface area contributed by atoms with Crippen molar-refractivity contribution in [1.29, 1.82) is 0 Å². The molecule has 7 nitrogen and oxygen atoms in total.